The number of halogens is 3. The molecule has 0 spiro atoms. The first-order chi connectivity index (χ1) is 15.3. The third-order valence-electron chi connectivity index (χ3n) is 6.14. The molecule has 1 aliphatic rings. The van der Waals surface area contributed by atoms with Crippen molar-refractivity contribution in [1.82, 2.24) is 14.7 Å². The molecule has 2 heterocycles. The Kier molecular flexibility index (Phi) is 5.99. The summed E-state index contributed by atoms with van der Waals surface area (Å²) in [5.74, 6) is 0.565. The Bertz CT molecular complexity index is 1100. The lowest BCUT2D eigenvalue weighted by atomic mass is 9.90. The average molecular weight is 445 g/mol. The van der Waals surface area contributed by atoms with Crippen LogP contribution in [0.1, 0.15) is 41.7 Å². The predicted molar refractivity (Wildman–Crippen MR) is 118 cm³/mol. The van der Waals surface area contributed by atoms with Crippen molar-refractivity contribution in [2.45, 2.75) is 43.9 Å². The van der Waals surface area contributed by atoms with E-state index in [1.54, 1.807) is 31.3 Å². The van der Waals surface area contributed by atoms with Crippen LogP contribution >= 0.6 is 0 Å². The van der Waals surface area contributed by atoms with Gasteiger partial charge in [-0.05, 0) is 49.9 Å². The zero-order chi connectivity index (χ0) is 22.9. The van der Waals surface area contributed by atoms with Crippen LogP contribution in [0.5, 0.6) is 0 Å². The fourth-order valence-corrected chi connectivity index (χ4v) is 4.38. The fraction of sp³-hybridized carbons (Fsp3) is 0.391. The van der Waals surface area contributed by atoms with E-state index < -0.39 is 11.9 Å². The molecule has 0 saturated heterocycles. The molecule has 1 saturated carbocycles. The van der Waals surface area contributed by atoms with E-state index in [2.05, 4.69) is 15.6 Å². The maximum atomic E-state index is 13.1. The number of pyridine rings is 1. The normalized spacial score (nSPS) is 19.0. The molecule has 0 aliphatic heterocycles. The van der Waals surface area contributed by atoms with Crippen molar-refractivity contribution in [1.29, 1.82) is 0 Å². The number of benzene rings is 1. The van der Waals surface area contributed by atoms with Crippen LogP contribution in [0.15, 0.2) is 48.7 Å². The van der Waals surface area contributed by atoms with Gasteiger partial charge in [-0.2, -0.15) is 13.2 Å². The Morgan fingerprint density at radius 3 is 2.50 bits per heavy atom. The summed E-state index contributed by atoms with van der Waals surface area (Å²) < 4.78 is 40.8. The second kappa shape index (κ2) is 8.72. The molecule has 1 aromatic carbocycles. The van der Waals surface area contributed by atoms with Crippen LogP contribution in [0.25, 0.3) is 5.65 Å². The zero-order valence-electron chi connectivity index (χ0n) is 18.0. The molecule has 2 N–H and O–H groups in total. The van der Waals surface area contributed by atoms with E-state index in [-0.39, 0.29) is 23.6 Å². The van der Waals surface area contributed by atoms with Crippen LogP contribution in [-0.4, -0.2) is 41.5 Å². The Hall–Kier alpha value is -3.23. The average Bonchev–Trinajstić information content (AvgIpc) is 3.24. The first-order valence-electron chi connectivity index (χ1n) is 10.6. The highest BCUT2D eigenvalue weighted by Gasteiger charge is 2.34. The minimum absolute atomic E-state index is 0.0675. The number of para-hydroxylation sites is 1. The number of nitrogens with one attached hydrogen (secondary N) is 2. The molecule has 3 aromatic rings. The number of rotatable bonds is 5. The molecule has 0 unspecified atom stereocenters. The minimum Gasteiger partial charge on any atom is -0.387 e. The van der Waals surface area contributed by atoms with Gasteiger partial charge in [0.1, 0.15) is 11.5 Å². The lowest BCUT2D eigenvalue weighted by molar-refractivity contribution is -0.140. The van der Waals surface area contributed by atoms with Crippen molar-refractivity contribution < 1.29 is 18.0 Å². The van der Waals surface area contributed by atoms with Gasteiger partial charge in [-0.3, -0.25) is 9.20 Å². The van der Waals surface area contributed by atoms with E-state index in [0.717, 1.165) is 37.6 Å². The van der Waals surface area contributed by atoms with Gasteiger partial charge >= 0.3 is 6.18 Å². The van der Waals surface area contributed by atoms with Crippen molar-refractivity contribution in [3.05, 3.63) is 59.9 Å². The molecule has 0 atom stereocenters. The fourth-order valence-electron chi connectivity index (χ4n) is 4.38. The Labute approximate surface area is 184 Å². The van der Waals surface area contributed by atoms with Crippen molar-refractivity contribution in [2.24, 2.45) is 0 Å². The summed E-state index contributed by atoms with van der Waals surface area (Å²) >= 11 is 0. The number of amides is 1. The third-order valence-corrected chi connectivity index (χ3v) is 6.14. The van der Waals surface area contributed by atoms with Crippen LogP contribution in [0.4, 0.5) is 24.7 Å². The van der Waals surface area contributed by atoms with Crippen LogP contribution in [0.3, 0.4) is 0 Å². The summed E-state index contributed by atoms with van der Waals surface area (Å²) in [5.41, 5.74) is 0.768. The molecule has 1 fully saturated rings. The van der Waals surface area contributed by atoms with Crippen LogP contribution in [0, 0.1) is 0 Å². The van der Waals surface area contributed by atoms with Crippen molar-refractivity contribution in [3.8, 4) is 0 Å². The highest BCUT2D eigenvalue weighted by molar-refractivity contribution is 5.99. The summed E-state index contributed by atoms with van der Waals surface area (Å²) in [7, 11) is 3.68. The van der Waals surface area contributed by atoms with Crippen LogP contribution < -0.4 is 15.5 Å². The quantitative estimate of drug-likeness (QED) is 0.604. The second-order valence-corrected chi connectivity index (χ2v) is 8.12. The van der Waals surface area contributed by atoms with Crippen molar-refractivity contribution in [3.63, 3.8) is 0 Å². The van der Waals surface area contributed by atoms with E-state index in [9.17, 15) is 18.0 Å². The topological polar surface area (TPSA) is 61.7 Å². The Morgan fingerprint density at radius 1 is 1.09 bits per heavy atom. The van der Waals surface area contributed by atoms with Crippen molar-refractivity contribution in [2.75, 3.05) is 24.3 Å². The van der Waals surface area contributed by atoms with Gasteiger partial charge in [0.05, 0.1) is 5.56 Å². The Morgan fingerprint density at radius 2 is 1.81 bits per heavy atom. The molecule has 1 amide bonds. The Balaban J connectivity index is 1.42. The predicted octanol–water partition coefficient (Wildman–Crippen LogP) is 4.57. The number of alkyl halides is 3. The molecular weight excluding hydrogens is 419 g/mol. The number of carbonyl (C=O) groups excluding carboxylic acids is 1. The van der Waals surface area contributed by atoms with Gasteiger partial charge in [-0.15, -0.1) is 0 Å². The molecular formula is C23H26F3N5O. The largest absolute Gasteiger partial charge is 0.434 e. The summed E-state index contributed by atoms with van der Waals surface area (Å²) in [6.45, 7) is 0. The van der Waals surface area contributed by atoms with Gasteiger partial charge in [0, 0.05) is 38.1 Å². The maximum Gasteiger partial charge on any atom is 0.434 e. The number of fused-ring (bicyclic) bond motifs is 1. The van der Waals surface area contributed by atoms with E-state index in [1.807, 2.05) is 30.1 Å². The number of anilines is 2. The molecule has 2 aromatic heterocycles. The maximum absolute atomic E-state index is 13.1. The van der Waals surface area contributed by atoms with Gasteiger partial charge in [-0.25, -0.2) is 4.98 Å². The SMILES string of the molecule is CNc1ccccc1C(=O)NC1CCC(N(C)c2cccc3nc(C(F)(F)F)cn23)CC1. The highest BCUT2D eigenvalue weighted by atomic mass is 19.4. The summed E-state index contributed by atoms with van der Waals surface area (Å²) in [5, 5.41) is 6.16. The molecule has 6 nitrogen and oxygen atoms in total. The number of nitrogens with zero attached hydrogens (tertiary/aromatic N) is 3. The monoisotopic (exact) mass is 445 g/mol. The summed E-state index contributed by atoms with van der Waals surface area (Å²) in [6.07, 6.45) is -0.179. The molecule has 0 radical (unpaired) electrons. The lowest BCUT2D eigenvalue weighted by Crippen LogP contribution is -2.43. The summed E-state index contributed by atoms with van der Waals surface area (Å²) in [4.78, 5) is 18.4. The molecule has 1 aliphatic carbocycles. The number of hydrogen-bond acceptors (Lipinski definition) is 4. The van der Waals surface area contributed by atoms with Gasteiger partial charge in [0.2, 0.25) is 0 Å². The highest BCUT2D eigenvalue weighted by Crippen LogP contribution is 2.32. The number of imidazole rings is 1. The zero-order valence-corrected chi connectivity index (χ0v) is 18.0. The van der Waals surface area contributed by atoms with Gasteiger partial charge in [0.15, 0.2) is 5.69 Å². The first kappa shape index (κ1) is 22.0. The number of carbonyl (C=O) groups is 1. The standard InChI is InChI=1S/C23H26F3N5O/c1-27-18-7-4-3-6-17(18)22(32)28-15-10-12-16(13-11-15)30(2)21-9-5-8-20-29-19(14-31(20)21)23(24,25)26/h3-9,14-16,27H,10-13H2,1-2H3,(H,28,32). The smallest absolute Gasteiger partial charge is 0.387 e. The molecule has 9 heteroatoms. The minimum atomic E-state index is -4.48. The van der Waals surface area contributed by atoms with Gasteiger partial charge < -0.3 is 15.5 Å². The van der Waals surface area contributed by atoms with E-state index in [4.69, 9.17) is 0 Å². The third kappa shape index (κ3) is 4.37. The van der Waals surface area contributed by atoms with Crippen molar-refractivity contribution >= 4 is 23.1 Å². The molecule has 32 heavy (non-hydrogen) atoms. The number of aromatic nitrogens is 2. The van der Waals surface area contributed by atoms with Gasteiger partial charge in [0.25, 0.3) is 5.91 Å². The second-order valence-electron chi connectivity index (χ2n) is 8.12. The van der Waals surface area contributed by atoms with Crippen LogP contribution in [-0.2, 0) is 6.18 Å². The van der Waals surface area contributed by atoms with E-state index in [1.165, 1.54) is 4.40 Å². The van der Waals surface area contributed by atoms with Crippen LogP contribution in [0.2, 0.25) is 0 Å². The summed E-state index contributed by atoms with van der Waals surface area (Å²) in [6, 6.07) is 12.7. The van der Waals surface area contributed by atoms with E-state index in [0.29, 0.717) is 11.4 Å². The van der Waals surface area contributed by atoms with Gasteiger partial charge in [-0.1, -0.05) is 18.2 Å². The molecule has 4 rings (SSSR count). The molecule has 170 valence electrons. The lowest BCUT2D eigenvalue weighted by Gasteiger charge is -2.36. The first-order valence-corrected chi connectivity index (χ1v) is 10.6. The van der Waals surface area contributed by atoms with E-state index >= 15 is 0 Å². The number of hydrogen-bond donors (Lipinski definition) is 2. The molecule has 0 bridgehead atoms.